The third-order valence-corrected chi connectivity index (χ3v) is 7.37. The molecule has 0 aliphatic carbocycles. The Balaban J connectivity index is 0.00000261. The molecule has 1 aliphatic rings. The van der Waals surface area contributed by atoms with E-state index in [1.807, 2.05) is 24.3 Å². The van der Waals surface area contributed by atoms with Crippen LogP contribution in [0.25, 0.3) is 0 Å². The van der Waals surface area contributed by atoms with E-state index in [1.165, 1.54) is 0 Å². The van der Waals surface area contributed by atoms with E-state index in [2.05, 4.69) is 19.2 Å². The van der Waals surface area contributed by atoms with Crippen molar-refractivity contribution < 1.29 is 13.5 Å². The van der Waals surface area contributed by atoms with E-state index < -0.39 is 15.4 Å². The van der Waals surface area contributed by atoms with Gasteiger partial charge in [0.2, 0.25) is 0 Å². The molecule has 2 atom stereocenters. The Bertz CT molecular complexity index is 867. The highest BCUT2D eigenvalue weighted by atomic mass is 35.5. The van der Waals surface area contributed by atoms with Crippen molar-refractivity contribution in [3.63, 3.8) is 0 Å². The molecule has 1 heterocycles. The Morgan fingerprint density at radius 2 is 1.78 bits per heavy atom. The van der Waals surface area contributed by atoms with Gasteiger partial charge < -0.3 is 5.11 Å². The Labute approximate surface area is 168 Å². The molecule has 148 valence electrons. The number of phenolic OH excluding ortho intramolecular Hbond substituents is 1. The number of unbranched alkanes of at least 4 members (excludes halogenated alkanes) is 1. The number of aromatic hydroxyl groups is 1. The number of hydrogen-bond acceptors (Lipinski definition) is 4. The molecule has 0 fully saturated rings. The maximum absolute atomic E-state index is 13.2. The highest BCUT2D eigenvalue weighted by molar-refractivity contribution is 7.91. The quantitative estimate of drug-likeness (QED) is 0.756. The van der Waals surface area contributed by atoms with Gasteiger partial charge in [0.15, 0.2) is 9.84 Å². The van der Waals surface area contributed by atoms with Crippen LogP contribution in [0.3, 0.4) is 0 Å². The van der Waals surface area contributed by atoms with Crippen LogP contribution in [0, 0.1) is 0 Å². The normalized spacial score (nSPS) is 23.7. The maximum Gasteiger partial charge on any atom is 0.180 e. The summed E-state index contributed by atoms with van der Waals surface area (Å²) in [6, 6.07) is 14.1. The van der Waals surface area contributed by atoms with E-state index in [9.17, 15) is 13.5 Å². The van der Waals surface area contributed by atoms with Gasteiger partial charge in [0.1, 0.15) is 5.75 Å². The van der Waals surface area contributed by atoms with Crippen LogP contribution in [0.5, 0.6) is 5.75 Å². The summed E-state index contributed by atoms with van der Waals surface area (Å²) >= 11 is 0. The second kappa shape index (κ2) is 8.63. The molecule has 0 unspecified atom stereocenters. The zero-order valence-corrected chi connectivity index (χ0v) is 17.4. The SMILES string of the molecule is CCCC[C@]1(CC)CS(=O)(=O)c2ccccc2[C@H](c2ccc(O)cc2)N1.Cl. The van der Waals surface area contributed by atoms with Crippen LogP contribution in [0.15, 0.2) is 53.4 Å². The van der Waals surface area contributed by atoms with Crippen molar-refractivity contribution in [2.75, 3.05) is 5.75 Å². The minimum Gasteiger partial charge on any atom is -0.508 e. The topological polar surface area (TPSA) is 66.4 Å². The zero-order valence-electron chi connectivity index (χ0n) is 15.8. The average Bonchev–Trinajstić information content (AvgIpc) is 2.74. The van der Waals surface area contributed by atoms with Crippen molar-refractivity contribution in [3.8, 4) is 5.75 Å². The van der Waals surface area contributed by atoms with Crippen LogP contribution in [-0.2, 0) is 9.84 Å². The summed E-state index contributed by atoms with van der Waals surface area (Å²) in [4.78, 5) is 0.414. The van der Waals surface area contributed by atoms with E-state index in [-0.39, 0.29) is 30.0 Å². The molecule has 3 rings (SSSR count). The van der Waals surface area contributed by atoms with Crippen molar-refractivity contribution in [2.45, 2.75) is 56.0 Å². The predicted molar refractivity (Wildman–Crippen MR) is 111 cm³/mol. The second-order valence-electron chi connectivity index (χ2n) is 7.20. The van der Waals surface area contributed by atoms with Gasteiger partial charge in [-0.25, -0.2) is 8.42 Å². The Hall–Kier alpha value is -1.56. The van der Waals surface area contributed by atoms with Gasteiger partial charge >= 0.3 is 0 Å². The molecule has 0 amide bonds. The average molecular weight is 410 g/mol. The number of benzene rings is 2. The maximum atomic E-state index is 13.2. The Kier molecular flexibility index (Phi) is 6.95. The first kappa shape index (κ1) is 21.7. The molecule has 0 spiro atoms. The Morgan fingerprint density at radius 1 is 1.11 bits per heavy atom. The van der Waals surface area contributed by atoms with Gasteiger partial charge in [-0.15, -0.1) is 12.4 Å². The van der Waals surface area contributed by atoms with Gasteiger partial charge in [-0.1, -0.05) is 57.0 Å². The largest absolute Gasteiger partial charge is 0.508 e. The van der Waals surface area contributed by atoms with Gasteiger partial charge in [-0.2, -0.15) is 0 Å². The first-order valence-electron chi connectivity index (χ1n) is 9.29. The molecule has 0 saturated carbocycles. The summed E-state index contributed by atoms with van der Waals surface area (Å²) in [5.74, 6) is 0.318. The summed E-state index contributed by atoms with van der Waals surface area (Å²) < 4.78 is 26.4. The first-order chi connectivity index (χ1) is 12.4. The molecular weight excluding hydrogens is 382 g/mol. The molecule has 0 radical (unpaired) electrons. The molecule has 4 nitrogen and oxygen atoms in total. The van der Waals surface area contributed by atoms with Crippen molar-refractivity contribution in [1.29, 1.82) is 0 Å². The van der Waals surface area contributed by atoms with Gasteiger partial charge in [0.05, 0.1) is 16.7 Å². The fourth-order valence-corrected chi connectivity index (χ4v) is 5.99. The van der Waals surface area contributed by atoms with Crippen LogP contribution >= 0.6 is 12.4 Å². The van der Waals surface area contributed by atoms with Gasteiger partial charge in [0.25, 0.3) is 0 Å². The molecule has 2 aromatic rings. The number of hydrogen-bond donors (Lipinski definition) is 2. The number of phenols is 1. The standard InChI is InChI=1S/C21H27NO3S.ClH/c1-3-5-14-21(4-2)15-26(24,25)19-9-7-6-8-18(19)20(22-21)16-10-12-17(23)13-11-16;/h6-13,20,22-23H,3-5,14-15H2,1-2H3;1H/t20-,21+;/m0./s1. The van der Waals surface area contributed by atoms with Gasteiger partial charge in [-0.3, -0.25) is 5.32 Å². The van der Waals surface area contributed by atoms with Gasteiger partial charge in [-0.05, 0) is 42.2 Å². The molecule has 2 N–H and O–H groups in total. The molecule has 6 heteroatoms. The summed E-state index contributed by atoms with van der Waals surface area (Å²) in [5, 5.41) is 13.3. The molecule has 2 aromatic carbocycles. The molecule has 0 bridgehead atoms. The number of rotatable bonds is 5. The van der Waals surface area contributed by atoms with Crippen molar-refractivity contribution in [2.24, 2.45) is 0 Å². The molecular formula is C21H28ClNO3S. The smallest absolute Gasteiger partial charge is 0.180 e. The van der Waals surface area contributed by atoms with E-state index in [0.717, 1.165) is 36.8 Å². The fraction of sp³-hybridized carbons (Fsp3) is 0.429. The molecule has 0 aromatic heterocycles. The van der Waals surface area contributed by atoms with E-state index in [1.54, 1.807) is 24.3 Å². The lowest BCUT2D eigenvalue weighted by Crippen LogP contribution is -2.50. The summed E-state index contributed by atoms with van der Waals surface area (Å²) in [6.07, 6.45) is 3.58. The molecule has 27 heavy (non-hydrogen) atoms. The van der Waals surface area contributed by atoms with Crippen LogP contribution < -0.4 is 5.32 Å². The van der Waals surface area contributed by atoms with E-state index >= 15 is 0 Å². The van der Waals surface area contributed by atoms with Crippen LogP contribution in [-0.4, -0.2) is 24.8 Å². The third kappa shape index (κ3) is 4.48. The lowest BCUT2D eigenvalue weighted by Gasteiger charge is -2.35. The van der Waals surface area contributed by atoms with Crippen molar-refractivity contribution >= 4 is 22.2 Å². The number of sulfone groups is 1. The monoisotopic (exact) mass is 409 g/mol. The summed E-state index contributed by atoms with van der Waals surface area (Å²) in [5.41, 5.74) is 1.28. The number of halogens is 1. The first-order valence-corrected chi connectivity index (χ1v) is 10.9. The number of nitrogens with one attached hydrogen (secondary N) is 1. The highest BCUT2D eigenvalue weighted by Crippen LogP contribution is 2.38. The molecule has 1 aliphatic heterocycles. The number of fused-ring (bicyclic) bond motifs is 1. The van der Waals surface area contributed by atoms with Crippen LogP contribution in [0.4, 0.5) is 0 Å². The molecule has 0 saturated heterocycles. The van der Waals surface area contributed by atoms with E-state index in [0.29, 0.717) is 4.90 Å². The summed E-state index contributed by atoms with van der Waals surface area (Å²) in [7, 11) is -3.39. The summed E-state index contributed by atoms with van der Waals surface area (Å²) in [6.45, 7) is 4.18. The lowest BCUT2D eigenvalue weighted by molar-refractivity contribution is 0.295. The fourth-order valence-electron chi connectivity index (χ4n) is 3.84. The third-order valence-electron chi connectivity index (χ3n) is 5.39. The highest BCUT2D eigenvalue weighted by Gasteiger charge is 2.41. The second-order valence-corrected chi connectivity index (χ2v) is 9.16. The van der Waals surface area contributed by atoms with Crippen LogP contribution in [0.2, 0.25) is 0 Å². The van der Waals surface area contributed by atoms with E-state index in [4.69, 9.17) is 0 Å². The van der Waals surface area contributed by atoms with Crippen molar-refractivity contribution in [1.82, 2.24) is 5.32 Å². The van der Waals surface area contributed by atoms with Crippen LogP contribution in [0.1, 0.15) is 56.7 Å². The van der Waals surface area contributed by atoms with Crippen molar-refractivity contribution in [3.05, 3.63) is 59.7 Å². The zero-order chi connectivity index (χ0) is 18.8. The predicted octanol–water partition coefficient (Wildman–Crippen LogP) is 4.62. The Morgan fingerprint density at radius 3 is 2.41 bits per heavy atom. The minimum atomic E-state index is -3.39. The lowest BCUT2D eigenvalue weighted by atomic mass is 9.88. The minimum absolute atomic E-state index is 0. The van der Waals surface area contributed by atoms with Gasteiger partial charge in [0, 0.05) is 5.54 Å².